The van der Waals surface area contributed by atoms with E-state index < -0.39 is 26.6 Å². The smallest absolute Gasteiger partial charge is 0.224 e. The zero-order chi connectivity index (χ0) is 15.0. The van der Waals surface area contributed by atoms with Crippen LogP contribution in [-0.2, 0) is 9.84 Å². The topological polar surface area (TPSA) is 34.1 Å². The lowest BCUT2D eigenvalue weighted by atomic mass is 10.1. The Kier molecular flexibility index (Phi) is 4.11. The lowest BCUT2D eigenvalue weighted by molar-refractivity contribution is -0.123. The predicted molar refractivity (Wildman–Crippen MR) is 74.8 cm³/mol. The SMILES string of the molecule is O=S(=O)(CC(Br)C(F)(F)F)c1ccc2ccccc2c1. The van der Waals surface area contributed by atoms with Gasteiger partial charge >= 0.3 is 6.18 Å². The number of rotatable bonds is 3. The van der Waals surface area contributed by atoms with Gasteiger partial charge in [-0.25, -0.2) is 8.42 Å². The quantitative estimate of drug-likeness (QED) is 0.771. The molecule has 108 valence electrons. The van der Waals surface area contributed by atoms with Crippen molar-refractivity contribution in [1.29, 1.82) is 0 Å². The number of benzene rings is 2. The van der Waals surface area contributed by atoms with Crippen LogP contribution in [0.1, 0.15) is 0 Å². The zero-order valence-electron chi connectivity index (χ0n) is 10.1. The van der Waals surface area contributed by atoms with Gasteiger partial charge in [0.1, 0.15) is 4.83 Å². The molecule has 0 bridgehead atoms. The number of sulfone groups is 1. The molecule has 0 saturated heterocycles. The average Bonchev–Trinajstić information content (AvgIpc) is 2.36. The van der Waals surface area contributed by atoms with Crippen LogP contribution in [0.3, 0.4) is 0 Å². The van der Waals surface area contributed by atoms with E-state index in [1.54, 1.807) is 30.3 Å². The van der Waals surface area contributed by atoms with E-state index in [1.807, 2.05) is 0 Å². The van der Waals surface area contributed by atoms with Gasteiger partial charge in [-0.3, -0.25) is 0 Å². The molecule has 0 aliphatic heterocycles. The van der Waals surface area contributed by atoms with Crippen LogP contribution in [0.15, 0.2) is 47.4 Å². The number of fused-ring (bicyclic) bond motifs is 1. The minimum absolute atomic E-state index is 0.107. The van der Waals surface area contributed by atoms with Gasteiger partial charge in [0.25, 0.3) is 0 Å². The van der Waals surface area contributed by atoms with E-state index in [9.17, 15) is 21.6 Å². The molecule has 0 saturated carbocycles. The molecule has 1 unspecified atom stereocenters. The third-order valence-corrected chi connectivity index (χ3v) is 5.82. The average molecular weight is 367 g/mol. The molecular formula is C13H10BrF3O2S. The van der Waals surface area contributed by atoms with Crippen LogP contribution in [0.4, 0.5) is 13.2 Å². The van der Waals surface area contributed by atoms with Crippen molar-refractivity contribution in [3.8, 4) is 0 Å². The van der Waals surface area contributed by atoms with Gasteiger partial charge in [0.15, 0.2) is 9.84 Å². The van der Waals surface area contributed by atoms with E-state index in [-0.39, 0.29) is 4.90 Å². The Bertz CT molecular complexity index is 726. The molecule has 2 nitrogen and oxygen atoms in total. The summed E-state index contributed by atoms with van der Waals surface area (Å²) < 4.78 is 61.3. The zero-order valence-corrected chi connectivity index (χ0v) is 12.5. The molecule has 2 aromatic rings. The van der Waals surface area contributed by atoms with Crippen molar-refractivity contribution in [2.24, 2.45) is 0 Å². The van der Waals surface area contributed by atoms with E-state index in [0.717, 1.165) is 5.39 Å². The van der Waals surface area contributed by atoms with Crippen LogP contribution < -0.4 is 0 Å². The summed E-state index contributed by atoms with van der Waals surface area (Å²) in [5.74, 6) is -1.02. The van der Waals surface area contributed by atoms with Crippen molar-refractivity contribution in [3.05, 3.63) is 42.5 Å². The molecule has 0 spiro atoms. The molecule has 0 heterocycles. The Morgan fingerprint density at radius 3 is 2.25 bits per heavy atom. The summed E-state index contributed by atoms with van der Waals surface area (Å²) in [5, 5.41) is 1.50. The summed E-state index contributed by atoms with van der Waals surface area (Å²) in [6.07, 6.45) is -4.59. The van der Waals surface area contributed by atoms with E-state index >= 15 is 0 Å². The van der Waals surface area contributed by atoms with Crippen molar-refractivity contribution >= 4 is 36.5 Å². The standard InChI is InChI=1S/C13H10BrF3O2S/c14-12(13(15,16)17)8-20(18,19)11-6-5-9-3-1-2-4-10(9)7-11/h1-7,12H,8H2. The summed E-state index contributed by atoms with van der Waals surface area (Å²) in [7, 11) is -4.00. The van der Waals surface area contributed by atoms with Crippen molar-refractivity contribution in [2.45, 2.75) is 15.9 Å². The Labute approximate surface area is 122 Å². The maximum absolute atomic E-state index is 12.4. The van der Waals surface area contributed by atoms with Crippen molar-refractivity contribution in [2.75, 3.05) is 5.75 Å². The van der Waals surface area contributed by atoms with Crippen molar-refractivity contribution in [3.63, 3.8) is 0 Å². The summed E-state index contributed by atoms with van der Waals surface area (Å²) in [6, 6.07) is 11.3. The van der Waals surface area contributed by atoms with Crippen LogP contribution in [0.2, 0.25) is 0 Å². The van der Waals surface area contributed by atoms with Crippen molar-refractivity contribution in [1.82, 2.24) is 0 Å². The second-order valence-corrected chi connectivity index (χ2v) is 7.44. The normalized spacial score (nSPS) is 14.4. The van der Waals surface area contributed by atoms with Gasteiger partial charge in [0.2, 0.25) is 0 Å². The summed E-state index contributed by atoms with van der Waals surface area (Å²) in [6.45, 7) is 0. The Balaban J connectivity index is 2.37. The van der Waals surface area contributed by atoms with E-state index in [0.29, 0.717) is 5.39 Å². The fraction of sp³-hybridized carbons (Fsp3) is 0.231. The highest BCUT2D eigenvalue weighted by atomic mass is 79.9. The molecule has 7 heteroatoms. The molecule has 0 fully saturated rings. The number of hydrogen-bond donors (Lipinski definition) is 0. The second-order valence-electron chi connectivity index (χ2n) is 4.30. The second kappa shape index (κ2) is 5.37. The molecule has 1 atom stereocenters. The third-order valence-electron chi connectivity index (χ3n) is 2.80. The third kappa shape index (κ3) is 3.32. The highest BCUT2D eigenvalue weighted by molar-refractivity contribution is 9.09. The lowest BCUT2D eigenvalue weighted by Gasteiger charge is -2.14. The minimum atomic E-state index is -4.59. The summed E-state index contributed by atoms with van der Waals surface area (Å²) in [5.41, 5.74) is 0. The molecular weight excluding hydrogens is 357 g/mol. The van der Waals surface area contributed by atoms with E-state index in [2.05, 4.69) is 15.9 Å². The molecule has 0 N–H and O–H groups in total. The molecule has 2 rings (SSSR count). The number of hydrogen-bond acceptors (Lipinski definition) is 2. The van der Waals surface area contributed by atoms with Crippen LogP contribution in [-0.4, -0.2) is 25.2 Å². The molecule has 0 aliphatic carbocycles. The van der Waals surface area contributed by atoms with Crippen LogP contribution >= 0.6 is 15.9 Å². The maximum atomic E-state index is 12.4. The van der Waals surface area contributed by atoms with Gasteiger partial charge < -0.3 is 0 Å². The summed E-state index contributed by atoms with van der Waals surface area (Å²) in [4.78, 5) is -2.18. The van der Waals surface area contributed by atoms with Gasteiger partial charge in [0, 0.05) is 0 Å². The fourth-order valence-electron chi connectivity index (χ4n) is 1.74. The van der Waals surface area contributed by atoms with E-state index in [1.165, 1.54) is 12.1 Å². The van der Waals surface area contributed by atoms with Gasteiger partial charge in [-0.1, -0.05) is 46.3 Å². The maximum Gasteiger partial charge on any atom is 0.402 e. The summed E-state index contributed by atoms with van der Waals surface area (Å²) >= 11 is 2.38. The Hall–Kier alpha value is -1.08. The first-order chi connectivity index (χ1) is 9.20. The van der Waals surface area contributed by atoms with Crippen LogP contribution in [0.5, 0.6) is 0 Å². The number of halogens is 4. The monoisotopic (exact) mass is 366 g/mol. The van der Waals surface area contributed by atoms with Gasteiger partial charge in [-0.05, 0) is 22.9 Å². The van der Waals surface area contributed by atoms with Crippen LogP contribution in [0, 0.1) is 0 Å². The molecule has 2 aromatic carbocycles. The highest BCUT2D eigenvalue weighted by Crippen LogP contribution is 2.29. The molecule has 0 amide bonds. The predicted octanol–water partition coefficient (Wildman–Crippen LogP) is 3.94. The first-order valence-corrected chi connectivity index (χ1v) is 8.19. The van der Waals surface area contributed by atoms with Crippen LogP contribution in [0.25, 0.3) is 10.8 Å². The van der Waals surface area contributed by atoms with Gasteiger partial charge in [0.05, 0.1) is 10.6 Å². The number of alkyl halides is 4. The lowest BCUT2D eigenvalue weighted by Crippen LogP contribution is -2.30. The van der Waals surface area contributed by atoms with Crippen molar-refractivity contribution < 1.29 is 21.6 Å². The fourth-order valence-corrected chi connectivity index (χ4v) is 4.14. The molecule has 0 aliphatic rings. The molecule has 0 aromatic heterocycles. The first-order valence-electron chi connectivity index (χ1n) is 5.62. The minimum Gasteiger partial charge on any atom is -0.224 e. The first kappa shape index (κ1) is 15.3. The Morgan fingerprint density at radius 1 is 1.05 bits per heavy atom. The molecule has 0 radical (unpaired) electrons. The van der Waals surface area contributed by atoms with Gasteiger partial charge in [-0.15, -0.1) is 0 Å². The molecule has 20 heavy (non-hydrogen) atoms. The Morgan fingerprint density at radius 2 is 1.65 bits per heavy atom. The van der Waals surface area contributed by atoms with Gasteiger partial charge in [-0.2, -0.15) is 13.2 Å². The van der Waals surface area contributed by atoms with E-state index in [4.69, 9.17) is 0 Å². The highest BCUT2D eigenvalue weighted by Gasteiger charge is 2.40. The largest absolute Gasteiger partial charge is 0.402 e.